The molecule has 4 fully saturated rings. The van der Waals surface area contributed by atoms with E-state index in [1.165, 1.54) is 43.2 Å². The van der Waals surface area contributed by atoms with E-state index in [9.17, 15) is 9.59 Å². The second kappa shape index (κ2) is 6.95. The number of nitrogens with zero attached hydrogens (tertiary/aromatic N) is 3. The molecule has 1 aromatic heterocycles. The molecule has 4 saturated carbocycles. The normalized spacial score (nSPS) is 31.1. The molecule has 0 unspecified atom stereocenters. The van der Waals surface area contributed by atoms with Crippen LogP contribution in [0.1, 0.15) is 73.3 Å². The third-order valence-corrected chi connectivity index (χ3v) is 7.17. The highest BCUT2D eigenvalue weighted by atomic mass is 16.2. The quantitative estimate of drug-likeness (QED) is 0.835. The van der Waals surface area contributed by atoms with Gasteiger partial charge in [-0.3, -0.25) is 14.3 Å². The Morgan fingerprint density at radius 3 is 2.22 bits per heavy atom. The highest BCUT2D eigenvalue weighted by Crippen LogP contribution is 2.59. The van der Waals surface area contributed by atoms with Crippen LogP contribution in [0.4, 0.5) is 0 Å². The number of carbonyl (C=O) groups excluding carboxylic acids is 2. The molecule has 0 atom stereocenters. The number of aromatic nitrogens is 2. The highest BCUT2D eigenvalue weighted by molar-refractivity contribution is 5.97. The van der Waals surface area contributed by atoms with E-state index in [4.69, 9.17) is 0 Å². The molecule has 2 amide bonds. The standard InChI is InChI=1S/C21H32N4O2/c1-4-25(5-2)20(27)17-9-18(24(3)23-17)19(26)22-13-21-10-14-6-15(11-21)8-16(7-14)12-21/h9,14-16H,4-8,10-13H2,1-3H3,(H,22,26). The van der Waals surface area contributed by atoms with Crippen molar-refractivity contribution < 1.29 is 9.59 Å². The first-order chi connectivity index (χ1) is 12.9. The monoisotopic (exact) mass is 372 g/mol. The minimum Gasteiger partial charge on any atom is -0.350 e. The predicted molar refractivity (Wildman–Crippen MR) is 103 cm³/mol. The van der Waals surface area contributed by atoms with Gasteiger partial charge in [-0.15, -0.1) is 0 Å². The molecular weight excluding hydrogens is 340 g/mol. The fourth-order valence-electron chi connectivity index (χ4n) is 6.32. The second-order valence-corrected chi connectivity index (χ2v) is 9.12. The smallest absolute Gasteiger partial charge is 0.274 e. The summed E-state index contributed by atoms with van der Waals surface area (Å²) in [6.07, 6.45) is 8.05. The van der Waals surface area contributed by atoms with Gasteiger partial charge < -0.3 is 10.2 Å². The van der Waals surface area contributed by atoms with E-state index in [1.807, 2.05) is 13.8 Å². The number of hydrogen-bond donors (Lipinski definition) is 1. The number of aryl methyl sites for hydroxylation is 1. The van der Waals surface area contributed by atoms with Crippen molar-refractivity contribution >= 4 is 11.8 Å². The molecule has 0 saturated heterocycles. The maximum absolute atomic E-state index is 12.8. The summed E-state index contributed by atoms with van der Waals surface area (Å²) in [6, 6.07) is 1.63. The van der Waals surface area contributed by atoms with Crippen LogP contribution >= 0.6 is 0 Å². The van der Waals surface area contributed by atoms with Gasteiger partial charge in [0.05, 0.1) is 0 Å². The Kier molecular flexibility index (Phi) is 4.77. The first-order valence-corrected chi connectivity index (χ1v) is 10.5. The summed E-state index contributed by atoms with van der Waals surface area (Å²) in [4.78, 5) is 27.0. The second-order valence-electron chi connectivity index (χ2n) is 9.12. The van der Waals surface area contributed by atoms with E-state index in [0.29, 0.717) is 29.9 Å². The van der Waals surface area contributed by atoms with E-state index in [1.54, 1.807) is 18.0 Å². The van der Waals surface area contributed by atoms with Crippen molar-refractivity contribution in [2.24, 2.45) is 30.2 Å². The first kappa shape index (κ1) is 18.5. The van der Waals surface area contributed by atoms with Crippen molar-refractivity contribution in [1.82, 2.24) is 20.0 Å². The minimum atomic E-state index is -0.115. The minimum absolute atomic E-state index is 0.112. The van der Waals surface area contributed by atoms with Gasteiger partial charge in [0.1, 0.15) is 5.69 Å². The van der Waals surface area contributed by atoms with Crippen LogP contribution in [0, 0.1) is 23.2 Å². The molecule has 4 aliphatic carbocycles. The molecule has 5 rings (SSSR count). The van der Waals surface area contributed by atoms with Crippen LogP contribution in [0.15, 0.2) is 6.07 Å². The summed E-state index contributed by atoms with van der Waals surface area (Å²) >= 11 is 0. The lowest BCUT2D eigenvalue weighted by Gasteiger charge is -2.56. The van der Waals surface area contributed by atoms with Gasteiger partial charge in [-0.1, -0.05) is 0 Å². The van der Waals surface area contributed by atoms with Crippen LogP contribution < -0.4 is 5.32 Å². The molecule has 0 aliphatic heterocycles. The van der Waals surface area contributed by atoms with Gasteiger partial charge in [-0.05, 0) is 75.5 Å². The van der Waals surface area contributed by atoms with Crippen molar-refractivity contribution in [1.29, 1.82) is 0 Å². The molecule has 27 heavy (non-hydrogen) atoms. The topological polar surface area (TPSA) is 67.2 Å². The molecule has 4 aliphatic rings. The number of amides is 2. The molecule has 0 spiro atoms. The third-order valence-electron chi connectivity index (χ3n) is 7.17. The fourth-order valence-corrected chi connectivity index (χ4v) is 6.32. The van der Waals surface area contributed by atoms with E-state index < -0.39 is 0 Å². The molecular formula is C21H32N4O2. The zero-order chi connectivity index (χ0) is 19.2. The summed E-state index contributed by atoms with van der Waals surface area (Å²) in [6.45, 7) is 5.94. The van der Waals surface area contributed by atoms with E-state index >= 15 is 0 Å². The van der Waals surface area contributed by atoms with E-state index in [-0.39, 0.29) is 11.8 Å². The Morgan fingerprint density at radius 2 is 1.70 bits per heavy atom. The van der Waals surface area contributed by atoms with Crippen molar-refractivity contribution in [2.45, 2.75) is 52.4 Å². The molecule has 6 nitrogen and oxygen atoms in total. The number of nitrogens with one attached hydrogen (secondary N) is 1. The van der Waals surface area contributed by atoms with Gasteiger partial charge >= 0.3 is 0 Å². The Labute approximate surface area is 161 Å². The molecule has 0 aromatic carbocycles. The average Bonchev–Trinajstić information content (AvgIpc) is 3.01. The summed E-state index contributed by atoms with van der Waals surface area (Å²) in [7, 11) is 1.73. The Balaban J connectivity index is 1.42. The maximum Gasteiger partial charge on any atom is 0.274 e. The summed E-state index contributed by atoms with van der Waals surface area (Å²) in [5, 5.41) is 7.47. The number of hydrogen-bond acceptors (Lipinski definition) is 3. The van der Waals surface area contributed by atoms with Gasteiger partial charge in [-0.25, -0.2) is 0 Å². The molecule has 148 valence electrons. The summed E-state index contributed by atoms with van der Waals surface area (Å²) in [5.74, 6) is 2.41. The van der Waals surface area contributed by atoms with Gasteiger partial charge in [0, 0.05) is 32.7 Å². The molecule has 1 aromatic rings. The van der Waals surface area contributed by atoms with Crippen molar-refractivity contribution in [3.05, 3.63) is 17.5 Å². The molecule has 0 radical (unpaired) electrons. The molecule has 1 heterocycles. The number of rotatable bonds is 6. The zero-order valence-electron chi connectivity index (χ0n) is 16.8. The van der Waals surface area contributed by atoms with Gasteiger partial charge in [0.25, 0.3) is 11.8 Å². The molecule has 4 bridgehead atoms. The van der Waals surface area contributed by atoms with Crippen LogP contribution in [-0.2, 0) is 7.05 Å². The fraction of sp³-hybridized carbons (Fsp3) is 0.762. The Hall–Kier alpha value is -1.85. The maximum atomic E-state index is 12.8. The van der Waals surface area contributed by atoms with Gasteiger partial charge in [0.2, 0.25) is 0 Å². The Bertz CT molecular complexity index is 699. The average molecular weight is 373 g/mol. The van der Waals surface area contributed by atoms with Gasteiger partial charge in [-0.2, -0.15) is 5.10 Å². The summed E-state index contributed by atoms with van der Waals surface area (Å²) in [5.41, 5.74) is 1.12. The lowest BCUT2D eigenvalue weighted by atomic mass is 9.49. The lowest BCUT2D eigenvalue weighted by molar-refractivity contribution is -0.0503. The largest absolute Gasteiger partial charge is 0.350 e. The van der Waals surface area contributed by atoms with Gasteiger partial charge in [0.15, 0.2) is 5.69 Å². The van der Waals surface area contributed by atoms with Crippen molar-refractivity contribution in [3.63, 3.8) is 0 Å². The van der Waals surface area contributed by atoms with E-state index in [0.717, 1.165) is 24.3 Å². The molecule has 6 heteroatoms. The SMILES string of the molecule is CCN(CC)C(=O)c1cc(C(=O)NCC23CC4CC(CC(C4)C2)C3)n(C)n1. The Morgan fingerprint density at radius 1 is 1.15 bits per heavy atom. The van der Waals surface area contributed by atoms with Crippen LogP contribution in [-0.4, -0.2) is 46.1 Å². The number of carbonyl (C=O) groups is 2. The van der Waals surface area contributed by atoms with Crippen molar-refractivity contribution in [2.75, 3.05) is 19.6 Å². The van der Waals surface area contributed by atoms with Crippen LogP contribution in [0.5, 0.6) is 0 Å². The zero-order valence-corrected chi connectivity index (χ0v) is 16.8. The van der Waals surface area contributed by atoms with Crippen LogP contribution in [0.2, 0.25) is 0 Å². The highest BCUT2D eigenvalue weighted by Gasteiger charge is 2.50. The van der Waals surface area contributed by atoms with E-state index in [2.05, 4.69) is 10.4 Å². The van der Waals surface area contributed by atoms with Crippen molar-refractivity contribution in [3.8, 4) is 0 Å². The molecule has 1 N–H and O–H groups in total. The van der Waals surface area contributed by atoms with Crippen LogP contribution in [0.25, 0.3) is 0 Å². The lowest BCUT2D eigenvalue weighted by Crippen LogP contribution is -2.51. The third kappa shape index (κ3) is 3.39. The first-order valence-electron chi connectivity index (χ1n) is 10.5. The van der Waals surface area contributed by atoms with Crippen LogP contribution in [0.3, 0.4) is 0 Å². The predicted octanol–water partition coefficient (Wildman–Crippen LogP) is 2.85. The summed E-state index contributed by atoms with van der Waals surface area (Å²) < 4.78 is 1.53.